The molecule has 0 aliphatic carbocycles. The zero-order valence-corrected chi connectivity index (χ0v) is 11.3. The monoisotopic (exact) mass is 247 g/mol. The molecule has 18 heavy (non-hydrogen) atoms. The highest BCUT2D eigenvalue weighted by atomic mass is 16.5. The summed E-state index contributed by atoms with van der Waals surface area (Å²) in [6, 6.07) is 8.55. The van der Waals surface area contributed by atoms with Crippen LogP contribution in [-0.4, -0.2) is 30.9 Å². The van der Waals surface area contributed by atoms with Gasteiger partial charge in [0.25, 0.3) is 0 Å². The molecule has 0 spiro atoms. The highest BCUT2D eigenvalue weighted by Crippen LogP contribution is 2.28. The Hall–Kier alpha value is -1.35. The molecule has 2 atom stereocenters. The third-order valence-corrected chi connectivity index (χ3v) is 3.94. The average Bonchev–Trinajstić information content (AvgIpc) is 2.88. The Balaban J connectivity index is 2.02. The number of rotatable bonds is 4. The van der Waals surface area contributed by atoms with Crippen molar-refractivity contribution in [1.82, 2.24) is 4.90 Å². The molecule has 2 rings (SSSR count). The van der Waals surface area contributed by atoms with Crippen molar-refractivity contribution in [3.05, 3.63) is 29.8 Å². The SMILES string of the molecule is COc1ccc([C@@H](C)N2CC[C@@H](C(C)=O)C2)cc1. The lowest BCUT2D eigenvalue weighted by molar-refractivity contribution is -0.120. The number of Topliss-reactive ketones (excluding diaryl/α,β-unsaturated/α-hetero) is 1. The molecule has 1 aliphatic heterocycles. The van der Waals surface area contributed by atoms with Crippen LogP contribution in [0.2, 0.25) is 0 Å². The number of carbonyl (C=O) groups excluding carboxylic acids is 1. The van der Waals surface area contributed by atoms with E-state index in [0.29, 0.717) is 11.8 Å². The van der Waals surface area contributed by atoms with E-state index in [-0.39, 0.29) is 5.92 Å². The van der Waals surface area contributed by atoms with E-state index < -0.39 is 0 Å². The first-order valence-electron chi connectivity index (χ1n) is 6.50. The number of nitrogens with zero attached hydrogens (tertiary/aromatic N) is 1. The normalized spacial score (nSPS) is 21.8. The molecule has 1 fully saturated rings. The van der Waals surface area contributed by atoms with Crippen molar-refractivity contribution in [3.63, 3.8) is 0 Å². The standard InChI is InChI=1S/C15H21NO2/c1-11(13-4-6-15(18-3)7-5-13)16-9-8-14(10-16)12(2)17/h4-7,11,14H,8-10H2,1-3H3/t11-,14-/m1/s1. The van der Waals surface area contributed by atoms with Crippen LogP contribution >= 0.6 is 0 Å². The third kappa shape index (κ3) is 2.72. The number of ketones is 1. The van der Waals surface area contributed by atoms with E-state index in [9.17, 15) is 4.79 Å². The van der Waals surface area contributed by atoms with Gasteiger partial charge < -0.3 is 4.74 Å². The van der Waals surface area contributed by atoms with Gasteiger partial charge in [-0.25, -0.2) is 0 Å². The van der Waals surface area contributed by atoms with E-state index in [0.717, 1.165) is 25.3 Å². The summed E-state index contributed by atoms with van der Waals surface area (Å²) in [5, 5.41) is 0. The fraction of sp³-hybridized carbons (Fsp3) is 0.533. The Bertz CT molecular complexity index is 413. The van der Waals surface area contributed by atoms with Gasteiger partial charge in [0.1, 0.15) is 11.5 Å². The maximum atomic E-state index is 11.4. The summed E-state index contributed by atoms with van der Waals surface area (Å²) in [5.41, 5.74) is 1.28. The molecule has 3 heteroatoms. The fourth-order valence-electron chi connectivity index (χ4n) is 2.56. The zero-order valence-electron chi connectivity index (χ0n) is 11.3. The van der Waals surface area contributed by atoms with Crippen LogP contribution in [0.15, 0.2) is 24.3 Å². The average molecular weight is 247 g/mol. The van der Waals surface area contributed by atoms with Crippen molar-refractivity contribution in [2.24, 2.45) is 5.92 Å². The molecule has 3 nitrogen and oxygen atoms in total. The van der Waals surface area contributed by atoms with Crippen LogP contribution in [0.3, 0.4) is 0 Å². The van der Waals surface area contributed by atoms with Gasteiger partial charge in [0.2, 0.25) is 0 Å². The first kappa shape index (κ1) is 13.1. The van der Waals surface area contributed by atoms with Gasteiger partial charge in [-0.1, -0.05) is 12.1 Å². The van der Waals surface area contributed by atoms with Gasteiger partial charge in [-0.05, 0) is 44.5 Å². The highest BCUT2D eigenvalue weighted by molar-refractivity contribution is 5.78. The van der Waals surface area contributed by atoms with Crippen molar-refractivity contribution >= 4 is 5.78 Å². The van der Waals surface area contributed by atoms with Crippen LogP contribution < -0.4 is 4.74 Å². The molecule has 1 aromatic rings. The number of hydrogen-bond donors (Lipinski definition) is 0. The summed E-state index contributed by atoms with van der Waals surface area (Å²) in [7, 11) is 1.68. The number of likely N-dealkylation sites (tertiary alicyclic amines) is 1. The van der Waals surface area contributed by atoms with Gasteiger partial charge in [0.15, 0.2) is 0 Å². The molecule has 0 radical (unpaired) electrons. The molecule has 0 unspecified atom stereocenters. The number of ether oxygens (including phenoxy) is 1. The minimum Gasteiger partial charge on any atom is -0.497 e. The Morgan fingerprint density at radius 1 is 1.39 bits per heavy atom. The molecule has 1 saturated heterocycles. The van der Waals surface area contributed by atoms with Crippen molar-refractivity contribution in [3.8, 4) is 5.75 Å². The smallest absolute Gasteiger partial charge is 0.134 e. The molecular weight excluding hydrogens is 226 g/mol. The van der Waals surface area contributed by atoms with E-state index in [1.54, 1.807) is 14.0 Å². The van der Waals surface area contributed by atoms with Gasteiger partial charge >= 0.3 is 0 Å². The van der Waals surface area contributed by atoms with Crippen molar-refractivity contribution < 1.29 is 9.53 Å². The third-order valence-electron chi connectivity index (χ3n) is 3.94. The lowest BCUT2D eigenvalue weighted by atomic mass is 10.0. The maximum Gasteiger partial charge on any atom is 0.134 e. The summed E-state index contributed by atoms with van der Waals surface area (Å²) >= 11 is 0. The second-order valence-electron chi connectivity index (χ2n) is 5.04. The van der Waals surface area contributed by atoms with Crippen LogP contribution in [-0.2, 0) is 4.79 Å². The van der Waals surface area contributed by atoms with E-state index >= 15 is 0 Å². The Morgan fingerprint density at radius 3 is 2.56 bits per heavy atom. The van der Waals surface area contributed by atoms with Gasteiger partial charge in [0, 0.05) is 18.5 Å². The molecule has 1 aliphatic rings. The molecule has 1 aromatic carbocycles. The Kier molecular flexibility index (Phi) is 4.02. The topological polar surface area (TPSA) is 29.5 Å². The zero-order chi connectivity index (χ0) is 13.1. The minimum atomic E-state index is 0.227. The van der Waals surface area contributed by atoms with Crippen LogP contribution in [0.25, 0.3) is 0 Å². The van der Waals surface area contributed by atoms with Crippen molar-refractivity contribution in [1.29, 1.82) is 0 Å². The quantitative estimate of drug-likeness (QED) is 0.819. The Labute approximate surface area is 109 Å². The lowest BCUT2D eigenvalue weighted by Crippen LogP contribution is -2.25. The molecule has 1 heterocycles. The highest BCUT2D eigenvalue weighted by Gasteiger charge is 2.29. The summed E-state index contributed by atoms with van der Waals surface area (Å²) < 4.78 is 5.16. The molecule has 0 N–H and O–H groups in total. The summed E-state index contributed by atoms with van der Waals surface area (Å²) in [5.74, 6) is 1.43. The maximum absolute atomic E-state index is 11.4. The van der Waals surface area contributed by atoms with E-state index in [2.05, 4.69) is 24.0 Å². The first-order valence-corrected chi connectivity index (χ1v) is 6.50. The summed E-state index contributed by atoms with van der Waals surface area (Å²) in [4.78, 5) is 13.8. The van der Waals surface area contributed by atoms with Crippen LogP contribution in [0.4, 0.5) is 0 Å². The number of carbonyl (C=O) groups is 1. The predicted molar refractivity (Wildman–Crippen MR) is 71.8 cm³/mol. The first-order chi connectivity index (χ1) is 8.61. The van der Waals surface area contributed by atoms with E-state index in [4.69, 9.17) is 4.74 Å². The molecular formula is C15H21NO2. The molecule has 0 saturated carbocycles. The van der Waals surface area contributed by atoms with E-state index in [1.165, 1.54) is 5.56 Å². The van der Waals surface area contributed by atoms with Gasteiger partial charge in [-0.15, -0.1) is 0 Å². The second-order valence-corrected chi connectivity index (χ2v) is 5.04. The van der Waals surface area contributed by atoms with Gasteiger partial charge in [-0.2, -0.15) is 0 Å². The van der Waals surface area contributed by atoms with E-state index in [1.807, 2.05) is 12.1 Å². The van der Waals surface area contributed by atoms with Crippen molar-refractivity contribution in [2.75, 3.05) is 20.2 Å². The number of benzene rings is 1. The van der Waals surface area contributed by atoms with Crippen LogP contribution in [0, 0.1) is 5.92 Å². The Morgan fingerprint density at radius 2 is 2.06 bits per heavy atom. The van der Waals surface area contributed by atoms with Gasteiger partial charge in [0.05, 0.1) is 7.11 Å². The molecule has 0 aromatic heterocycles. The molecule has 0 amide bonds. The van der Waals surface area contributed by atoms with Crippen LogP contribution in [0.1, 0.15) is 31.9 Å². The molecule has 0 bridgehead atoms. The fourth-order valence-corrected chi connectivity index (χ4v) is 2.56. The lowest BCUT2D eigenvalue weighted by Gasteiger charge is -2.24. The van der Waals surface area contributed by atoms with Gasteiger partial charge in [-0.3, -0.25) is 9.69 Å². The summed E-state index contributed by atoms with van der Waals surface area (Å²) in [6.45, 7) is 5.80. The number of hydrogen-bond acceptors (Lipinski definition) is 3. The largest absolute Gasteiger partial charge is 0.497 e. The second kappa shape index (κ2) is 5.53. The minimum absolute atomic E-state index is 0.227. The van der Waals surface area contributed by atoms with Crippen LogP contribution in [0.5, 0.6) is 5.75 Å². The predicted octanol–water partition coefficient (Wildman–Crippen LogP) is 2.67. The summed E-state index contributed by atoms with van der Waals surface area (Å²) in [6.07, 6.45) is 0.996. The molecule has 98 valence electrons. The van der Waals surface area contributed by atoms with Crippen molar-refractivity contribution in [2.45, 2.75) is 26.3 Å². The number of methoxy groups -OCH3 is 1.